The van der Waals surface area contributed by atoms with Gasteiger partial charge in [0.15, 0.2) is 0 Å². The van der Waals surface area contributed by atoms with Crippen LogP contribution in [0.2, 0.25) is 0 Å². The summed E-state index contributed by atoms with van der Waals surface area (Å²) in [6.07, 6.45) is 7.52. The second-order valence-corrected chi connectivity index (χ2v) is 24.2. The molecule has 6 bridgehead atoms. The minimum Gasteiger partial charge on any atom is -0.464 e. The van der Waals surface area contributed by atoms with Gasteiger partial charge in [-0.3, -0.25) is 39.4 Å². The summed E-state index contributed by atoms with van der Waals surface area (Å²) in [6, 6.07) is 7.66. The maximum atomic E-state index is 15.1. The normalized spacial score (nSPS) is 30.9. The Balaban J connectivity index is 0.895. The van der Waals surface area contributed by atoms with Crippen molar-refractivity contribution >= 4 is 34.6 Å². The van der Waals surface area contributed by atoms with Gasteiger partial charge in [-0.1, -0.05) is 46.6 Å². The second-order valence-electron chi connectivity index (χ2n) is 24.2. The lowest BCUT2D eigenvalue weighted by molar-refractivity contribution is -0.155. The molecular formula is C55H74F3N9O5. The molecule has 3 N–H and O–H groups in total. The number of hydrogen-bond acceptors (Lipinski definition) is 10. The summed E-state index contributed by atoms with van der Waals surface area (Å²) in [6.45, 7) is 11.6. The highest BCUT2D eigenvalue weighted by atomic mass is 19.4. The van der Waals surface area contributed by atoms with E-state index < -0.39 is 42.2 Å². The van der Waals surface area contributed by atoms with Crippen LogP contribution < -0.4 is 16.1 Å². The van der Waals surface area contributed by atoms with Gasteiger partial charge >= 0.3 is 12.1 Å². The van der Waals surface area contributed by atoms with E-state index in [4.69, 9.17) is 4.74 Å². The summed E-state index contributed by atoms with van der Waals surface area (Å²) in [5.41, 5.74) is 6.52. The molecule has 7 fully saturated rings. The predicted molar refractivity (Wildman–Crippen MR) is 266 cm³/mol. The Kier molecular flexibility index (Phi) is 13.3. The molecule has 2 aliphatic carbocycles. The van der Waals surface area contributed by atoms with Gasteiger partial charge in [0.1, 0.15) is 24.7 Å². The van der Waals surface area contributed by atoms with E-state index in [9.17, 15) is 27.6 Å². The molecule has 2 saturated carbocycles. The number of carbonyl (C=O) groups is 4. The first-order chi connectivity index (χ1) is 34.4. The van der Waals surface area contributed by atoms with E-state index in [1.807, 2.05) is 45.9 Å². The number of aromatic nitrogens is 2. The maximum Gasteiger partial charge on any atom is 0.406 e. The number of nitrogens with one attached hydrogen (secondary N) is 3. The molecule has 2 aromatic heterocycles. The van der Waals surface area contributed by atoms with Gasteiger partial charge < -0.3 is 24.4 Å². The van der Waals surface area contributed by atoms with Gasteiger partial charge in [-0.2, -0.15) is 13.2 Å². The SMILES string of the molecule is CC(C)c1ncccc1-c1c2c3cc(ccc3n1CC(F)(F)F)[C@@H]1CCN(C1)C[C@H](NC(=O)[C@H](C1CCCC1)N1CC[C@]3(CCN(C(=O)[C@@H]4N[C@@H]4C4CC4)C3)C1)C(=O)N1CCC[C@H](N1)C(=O)OCC(C)(C)C2. The van der Waals surface area contributed by atoms with Crippen LogP contribution in [-0.2, 0) is 36.9 Å². The Bertz CT molecular complexity index is 2570. The molecule has 72 heavy (non-hydrogen) atoms. The lowest BCUT2D eigenvalue weighted by Crippen LogP contribution is -2.63. The minimum atomic E-state index is -4.51. The number of rotatable bonds is 9. The van der Waals surface area contributed by atoms with Gasteiger partial charge in [-0.15, -0.1) is 0 Å². The highest BCUT2D eigenvalue weighted by molar-refractivity contribution is 5.94. The third-order valence-electron chi connectivity index (χ3n) is 17.7. The lowest BCUT2D eigenvalue weighted by atomic mass is 9.83. The summed E-state index contributed by atoms with van der Waals surface area (Å²) in [7, 11) is 0. The molecule has 14 nitrogen and oxygen atoms in total. The Labute approximate surface area is 421 Å². The van der Waals surface area contributed by atoms with Crippen molar-refractivity contribution < 1.29 is 37.1 Å². The van der Waals surface area contributed by atoms with E-state index >= 15 is 4.79 Å². The summed E-state index contributed by atoms with van der Waals surface area (Å²) in [5, 5.41) is 9.03. The maximum absolute atomic E-state index is 15.1. The van der Waals surface area contributed by atoms with Crippen molar-refractivity contribution in [3.63, 3.8) is 0 Å². The van der Waals surface area contributed by atoms with Gasteiger partial charge in [-0.05, 0) is 136 Å². The summed E-state index contributed by atoms with van der Waals surface area (Å²) >= 11 is 0. The van der Waals surface area contributed by atoms with Crippen LogP contribution in [0.1, 0.15) is 127 Å². The zero-order valence-corrected chi connectivity index (χ0v) is 42.6. The summed E-state index contributed by atoms with van der Waals surface area (Å²) in [4.78, 5) is 69.0. The molecule has 5 saturated heterocycles. The van der Waals surface area contributed by atoms with Crippen LogP contribution in [-0.4, -0.2) is 148 Å². The van der Waals surface area contributed by atoms with Gasteiger partial charge in [0.05, 0.1) is 24.0 Å². The van der Waals surface area contributed by atoms with E-state index in [1.54, 1.807) is 12.3 Å². The van der Waals surface area contributed by atoms with Gasteiger partial charge in [0.25, 0.3) is 5.91 Å². The number of nitrogens with zero attached hydrogens (tertiary/aromatic N) is 6. The number of ether oxygens (including phenoxy) is 1. The van der Waals surface area contributed by atoms with E-state index in [0.29, 0.717) is 79.9 Å². The Morgan fingerprint density at radius 1 is 0.944 bits per heavy atom. The quantitative estimate of drug-likeness (QED) is 0.160. The van der Waals surface area contributed by atoms with Crippen LogP contribution in [0.25, 0.3) is 22.2 Å². The zero-order valence-electron chi connectivity index (χ0n) is 42.6. The van der Waals surface area contributed by atoms with E-state index in [-0.39, 0.29) is 60.1 Å². The van der Waals surface area contributed by atoms with Crippen LogP contribution in [0.15, 0.2) is 36.5 Å². The van der Waals surface area contributed by atoms with Crippen LogP contribution in [0.4, 0.5) is 13.2 Å². The topological polar surface area (TPSA) is 154 Å². The fraction of sp³-hybridized carbons (Fsp3) is 0.691. The molecule has 8 aliphatic rings. The number of carbonyl (C=O) groups excluding carboxylic acids is 4. The first-order valence-electron chi connectivity index (χ1n) is 27.2. The summed E-state index contributed by atoms with van der Waals surface area (Å²) < 4.78 is 51.7. The van der Waals surface area contributed by atoms with Crippen LogP contribution in [0.3, 0.4) is 0 Å². The third-order valence-corrected chi connectivity index (χ3v) is 17.7. The number of cyclic esters (lactones) is 1. The number of benzene rings is 1. The minimum absolute atomic E-state index is 0.00330. The zero-order chi connectivity index (χ0) is 50.3. The largest absolute Gasteiger partial charge is 0.464 e. The molecule has 3 aromatic rings. The smallest absolute Gasteiger partial charge is 0.406 e. The van der Waals surface area contributed by atoms with Gasteiger partial charge in [-0.25, -0.2) is 5.43 Å². The molecular weight excluding hydrogens is 924 g/mol. The fourth-order valence-corrected chi connectivity index (χ4v) is 13.8. The predicted octanol–water partition coefficient (Wildman–Crippen LogP) is 6.52. The second kappa shape index (κ2) is 19.3. The first-order valence-corrected chi connectivity index (χ1v) is 27.2. The average Bonchev–Trinajstić information content (AvgIpc) is 4.02. The molecule has 17 heteroatoms. The standard InChI is InChI=1S/C55H74F3N9O5/c1-33(2)44-38(11-7-20-59-44)48-40-26-53(3,4)32-72-52(71)41-12-8-21-67(62-41)50(69)42(28-63-22-17-37(27-63)36-15-16-43(39(40)25-36)66(48)31-55(56,57)58)60-49(68)47(35-9-5-6-10-35)64-23-18-54(29-64)19-24-65(30-54)51(70)46-45(61-46)34-13-14-34/h7,11,15-16,20,25,33-35,37,41-42,45-47,61-62H,5-6,8-10,12-14,17-19,21-24,26-32H2,1-4H3,(H,60,68)/t37-,41+,42+,45-,46-,47+,54+/m1/s1. The highest BCUT2D eigenvalue weighted by Crippen LogP contribution is 2.46. The number of alkyl halides is 3. The lowest BCUT2D eigenvalue weighted by Gasteiger charge is -2.38. The van der Waals surface area contributed by atoms with Crippen LogP contribution >= 0.6 is 0 Å². The number of halogens is 3. The summed E-state index contributed by atoms with van der Waals surface area (Å²) in [5.74, 6) is 0.0483. The molecule has 0 radical (unpaired) electrons. The van der Waals surface area contributed by atoms with Crippen molar-refractivity contribution in [2.24, 2.45) is 22.7 Å². The molecule has 3 amide bonds. The number of hydrazine groups is 1. The molecule has 8 atom stereocenters. The molecule has 11 rings (SSSR count). The monoisotopic (exact) mass is 998 g/mol. The average molecular weight is 998 g/mol. The molecule has 8 heterocycles. The van der Waals surface area contributed by atoms with Crippen molar-refractivity contribution in [1.29, 1.82) is 0 Å². The first kappa shape index (κ1) is 49.6. The van der Waals surface area contributed by atoms with Crippen LogP contribution in [0.5, 0.6) is 0 Å². The molecule has 6 aliphatic heterocycles. The Morgan fingerprint density at radius 2 is 1.74 bits per heavy atom. The molecule has 1 spiro atoms. The van der Waals surface area contributed by atoms with Gasteiger partial charge in [0.2, 0.25) is 11.8 Å². The fourth-order valence-electron chi connectivity index (χ4n) is 13.8. The van der Waals surface area contributed by atoms with Crippen molar-refractivity contribution in [2.45, 2.75) is 160 Å². The number of likely N-dealkylation sites (tertiary alicyclic amines) is 2. The van der Waals surface area contributed by atoms with Gasteiger partial charge in [0, 0.05) is 78.8 Å². The molecule has 1 aromatic carbocycles. The van der Waals surface area contributed by atoms with Crippen molar-refractivity contribution in [3.8, 4) is 11.3 Å². The Hall–Kier alpha value is -4.58. The number of pyridine rings is 1. The Morgan fingerprint density at radius 3 is 2.50 bits per heavy atom. The number of hydrogen-bond donors (Lipinski definition) is 3. The van der Waals surface area contributed by atoms with Crippen molar-refractivity contribution in [3.05, 3.63) is 53.3 Å². The highest BCUT2D eigenvalue weighted by Gasteiger charge is 2.55. The third kappa shape index (κ3) is 10.0. The number of esters is 1. The number of amides is 3. The van der Waals surface area contributed by atoms with Crippen molar-refractivity contribution in [2.75, 3.05) is 59.0 Å². The van der Waals surface area contributed by atoms with Crippen molar-refractivity contribution in [1.82, 2.24) is 45.3 Å². The molecule has 1 unspecified atom stereocenters. The van der Waals surface area contributed by atoms with Crippen LogP contribution in [0, 0.1) is 22.7 Å². The number of fused-ring (bicyclic) bond motifs is 6. The van der Waals surface area contributed by atoms with E-state index in [0.717, 1.165) is 81.1 Å². The van der Waals surface area contributed by atoms with E-state index in [2.05, 4.69) is 41.8 Å². The van der Waals surface area contributed by atoms with E-state index in [1.165, 1.54) is 22.4 Å². The molecule has 390 valence electrons.